The van der Waals surface area contributed by atoms with Crippen LogP contribution in [0, 0.1) is 15.9 Å². The van der Waals surface area contributed by atoms with Crippen LogP contribution in [0.2, 0.25) is 0 Å². The Kier molecular flexibility index (Phi) is 4.87. The van der Waals surface area contributed by atoms with Crippen LogP contribution in [0.25, 0.3) is 0 Å². The molecule has 1 aliphatic heterocycles. The zero-order valence-corrected chi connectivity index (χ0v) is 16.8. The molecule has 1 spiro atoms. The van der Waals surface area contributed by atoms with Gasteiger partial charge in [0.15, 0.2) is 4.90 Å². The van der Waals surface area contributed by atoms with E-state index in [9.17, 15) is 36.1 Å². The van der Waals surface area contributed by atoms with E-state index in [1.807, 2.05) is 0 Å². The lowest BCUT2D eigenvalue weighted by Gasteiger charge is -2.37. The first-order valence-electron chi connectivity index (χ1n) is 9.15. The first kappa shape index (κ1) is 21.7. The highest BCUT2D eigenvalue weighted by molar-refractivity contribution is 7.89. The van der Waals surface area contributed by atoms with E-state index in [-0.39, 0.29) is 17.7 Å². The molecule has 1 saturated carbocycles. The molecular weight excluding hydrogens is 444 g/mol. The van der Waals surface area contributed by atoms with E-state index in [0.717, 1.165) is 25.2 Å². The first-order valence-corrected chi connectivity index (χ1v) is 10.6. The second kappa shape index (κ2) is 6.97. The molecule has 1 aliphatic carbocycles. The Morgan fingerprint density at radius 3 is 2.45 bits per heavy atom. The summed E-state index contributed by atoms with van der Waals surface area (Å²) < 4.78 is 87.3. The van der Waals surface area contributed by atoms with E-state index >= 15 is 0 Å². The minimum absolute atomic E-state index is 0.0410. The van der Waals surface area contributed by atoms with Crippen LogP contribution in [0.15, 0.2) is 41.3 Å². The van der Waals surface area contributed by atoms with Crippen LogP contribution < -0.4 is 0 Å². The number of nitro benzene ring substituents is 1. The molecular formula is C19H16F4N2O5S. The van der Waals surface area contributed by atoms with Crippen LogP contribution in [0.1, 0.15) is 35.6 Å². The van der Waals surface area contributed by atoms with Crippen LogP contribution in [0.3, 0.4) is 0 Å². The van der Waals surface area contributed by atoms with E-state index in [1.54, 1.807) is 0 Å². The maximum atomic E-state index is 15.0. The van der Waals surface area contributed by atoms with Crippen molar-refractivity contribution in [2.75, 3.05) is 13.7 Å². The molecule has 2 aliphatic rings. The molecule has 12 heteroatoms. The Balaban J connectivity index is 1.83. The second-order valence-corrected chi connectivity index (χ2v) is 9.45. The van der Waals surface area contributed by atoms with Gasteiger partial charge >= 0.3 is 6.18 Å². The maximum Gasteiger partial charge on any atom is 0.416 e. The molecule has 1 heterocycles. The van der Waals surface area contributed by atoms with Crippen molar-refractivity contribution in [1.82, 2.24) is 4.31 Å². The number of likely N-dealkylation sites (N-methyl/N-ethyl adjacent to an activating group) is 1. The van der Waals surface area contributed by atoms with Gasteiger partial charge in [0.1, 0.15) is 5.82 Å². The molecule has 7 nitrogen and oxygen atoms in total. The highest BCUT2D eigenvalue weighted by Crippen LogP contribution is 2.56. The second-order valence-electron chi connectivity index (χ2n) is 7.48. The van der Waals surface area contributed by atoms with Crippen LogP contribution in [-0.4, -0.2) is 31.3 Å². The van der Waals surface area contributed by atoms with Gasteiger partial charge in [-0.15, -0.1) is 0 Å². The molecule has 2 aromatic rings. The number of nitro groups is 1. The molecule has 1 unspecified atom stereocenters. The van der Waals surface area contributed by atoms with E-state index in [4.69, 9.17) is 4.74 Å². The quantitative estimate of drug-likeness (QED) is 0.389. The number of ether oxygens (including phenoxy) is 1. The minimum atomic E-state index is -4.79. The Labute approximate surface area is 174 Å². The van der Waals surface area contributed by atoms with Crippen LogP contribution in [0.5, 0.6) is 0 Å². The molecule has 0 aromatic heterocycles. The fourth-order valence-electron chi connectivity index (χ4n) is 3.86. The summed E-state index contributed by atoms with van der Waals surface area (Å²) in [6.07, 6.45) is -4.02. The monoisotopic (exact) mass is 460 g/mol. The zero-order valence-electron chi connectivity index (χ0n) is 16.0. The molecule has 31 heavy (non-hydrogen) atoms. The van der Waals surface area contributed by atoms with Crippen LogP contribution in [0.4, 0.5) is 23.2 Å². The number of sulfonamides is 1. The molecule has 166 valence electrons. The third-order valence-electron chi connectivity index (χ3n) is 5.66. The van der Waals surface area contributed by atoms with E-state index in [2.05, 4.69) is 0 Å². The van der Waals surface area contributed by atoms with Gasteiger partial charge in [0, 0.05) is 18.7 Å². The van der Waals surface area contributed by atoms with E-state index in [1.165, 1.54) is 12.1 Å². The molecule has 0 bridgehead atoms. The fraction of sp³-hybridized carbons (Fsp3) is 0.368. The zero-order chi connectivity index (χ0) is 22.8. The Hall–Kier alpha value is -2.57. The number of fused-ring (bicyclic) bond motifs is 2. The summed E-state index contributed by atoms with van der Waals surface area (Å²) in [5.41, 5.74) is -3.18. The average Bonchev–Trinajstić information content (AvgIpc) is 3.47. The van der Waals surface area contributed by atoms with Crippen molar-refractivity contribution >= 4 is 15.7 Å². The lowest BCUT2D eigenvalue weighted by atomic mass is 9.90. The molecule has 0 radical (unpaired) electrons. The van der Waals surface area contributed by atoms with Gasteiger partial charge in [0.25, 0.3) is 5.69 Å². The average molecular weight is 460 g/mol. The van der Waals surface area contributed by atoms with Gasteiger partial charge in [-0.25, -0.2) is 12.8 Å². The largest absolute Gasteiger partial charge is 0.416 e. The van der Waals surface area contributed by atoms with Gasteiger partial charge in [-0.3, -0.25) is 10.1 Å². The number of hydrogen-bond acceptors (Lipinski definition) is 5. The van der Waals surface area contributed by atoms with Crippen molar-refractivity contribution in [3.05, 3.63) is 69.0 Å². The van der Waals surface area contributed by atoms with Crippen molar-refractivity contribution < 1.29 is 35.6 Å². The molecule has 4 rings (SSSR count). The normalized spacial score (nSPS) is 20.0. The maximum absolute atomic E-state index is 15.0. The van der Waals surface area contributed by atoms with Gasteiger partial charge in [0.2, 0.25) is 10.0 Å². The summed E-state index contributed by atoms with van der Waals surface area (Å²) in [7, 11) is -3.42. The van der Waals surface area contributed by atoms with E-state index < -0.39 is 54.7 Å². The lowest BCUT2D eigenvalue weighted by Crippen LogP contribution is -2.40. The number of alkyl halides is 3. The Morgan fingerprint density at radius 2 is 1.87 bits per heavy atom. The van der Waals surface area contributed by atoms with Crippen molar-refractivity contribution in [2.24, 2.45) is 0 Å². The molecule has 1 fully saturated rings. The number of halogens is 4. The Morgan fingerprint density at radius 1 is 1.23 bits per heavy atom. The summed E-state index contributed by atoms with van der Waals surface area (Å²) >= 11 is 0. The number of para-hydroxylation sites is 1. The topological polar surface area (TPSA) is 89.8 Å². The van der Waals surface area contributed by atoms with Crippen molar-refractivity contribution in [3.63, 3.8) is 0 Å². The van der Waals surface area contributed by atoms with Crippen molar-refractivity contribution in [2.45, 2.75) is 35.6 Å². The van der Waals surface area contributed by atoms with Gasteiger partial charge in [0.05, 0.1) is 28.7 Å². The number of rotatable bonds is 4. The molecule has 1 atom stereocenters. The molecule has 0 saturated heterocycles. The SMILES string of the molecule is CN(C1COC2(CC2)c2cc(C(F)(F)F)cc(F)c21)S(=O)(=O)c1ccccc1[N+](=O)[O-]. The number of hydrogen-bond donors (Lipinski definition) is 0. The molecule has 0 amide bonds. The van der Waals surface area contributed by atoms with Gasteiger partial charge in [-0.05, 0) is 36.6 Å². The van der Waals surface area contributed by atoms with Crippen molar-refractivity contribution in [1.29, 1.82) is 0 Å². The first-order chi connectivity index (χ1) is 14.4. The summed E-state index contributed by atoms with van der Waals surface area (Å²) in [6, 6.07) is 4.48. The van der Waals surface area contributed by atoms with Crippen LogP contribution in [-0.2, 0) is 26.5 Å². The standard InChI is InChI=1S/C19H16F4N2O5S/c1-24(31(28,29)16-5-3-2-4-14(16)25(26)27)15-10-30-18(6-7-18)12-8-11(19(21,22)23)9-13(20)17(12)15/h2-5,8-9,15H,6-7,10H2,1H3. The summed E-state index contributed by atoms with van der Waals surface area (Å²) in [5, 5.41) is 11.3. The number of nitrogens with zero attached hydrogens (tertiary/aromatic N) is 2. The smallest absolute Gasteiger partial charge is 0.368 e. The predicted octanol–water partition coefficient (Wildman–Crippen LogP) is 4.13. The molecule has 0 N–H and O–H groups in total. The summed E-state index contributed by atoms with van der Waals surface area (Å²) in [6.45, 7) is -0.300. The predicted molar refractivity (Wildman–Crippen MR) is 99.1 cm³/mol. The highest BCUT2D eigenvalue weighted by Gasteiger charge is 2.54. The Bertz CT molecular complexity index is 1180. The lowest BCUT2D eigenvalue weighted by molar-refractivity contribution is -0.387. The summed E-state index contributed by atoms with van der Waals surface area (Å²) in [4.78, 5) is 9.81. The molecule has 2 aromatic carbocycles. The van der Waals surface area contributed by atoms with Crippen LogP contribution >= 0.6 is 0 Å². The van der Waals surface area contributed by atoms with Gasteiger partial charge in [-0.1, -0.05) is 12.1 Å². The minimum Gasteiger partial charge on any atom is -0.368 e. The number of benzene rings is 2. The fourth-order valence-corrected chi connectivity index (χ4v) is 5.33. The van der Waals surface area contributed by atoms with Gasteiger partial charge in [-0.2, -0.15) is 17.5 Å². The third kappa shape index (κ3) is 3.48. The van der Waals surface area contributed by atoms with Crippen molar-refractivity contribution in [3.8, 4) is 0 Å². The third-order valence-corrected chi connectivity index (χ3v) is 7.57. The summed E-state index contributed by atoms with van der Waals surface area (Å²) in [5.74, 6) is -1.20. The van der Waals surface area contributed by atoms with Gasteiger partial charge < -0.3 is 4.74 Å². The van der Waals surface area contributed by atoms with E-state index in [0.29, 0.717) is 23.2 Å². The highest BCUT2D eigenvalue weighted by atomic mass is 32.2.